The molecular formula is C19H17N7O2. The van der Waals surface area contributed by atoms with Gasteiger partial charge in [-0.15, -0.1) is 10.2 Å². The number of pyridine rings is 1. The average molecular weight is 375 g/mol. The third kappa shape index (κ3) is 3.63. The summed E-state index contributed by atoms with van der Waals surface area (Å²) < 4.78 is 1.68. The van der Waals surface area contributed by atoms with Gasteiger partial charge in [0.25, 0.3) is 5.91 Å². The standard InChI is InChI=1S/C19H17N7O2/c1-12(25-28-11-17(20)27)15-6-7-18-22-23-19(26(18)24-15)10-13-4-5-16-14(9-13)3-2-8-21-16/h2-9H,10-11H2,1H3,(H2,20,27)/b25-12-. The SMILES string of the molecule is C/C(=N/OCC(N)=O)c1ccc2nnc(Cc3ccc4ncccc4c3)n2n1. The second kappa shape index (κ2) is 7.39. The van der Waals surface area contributed by atoms with Crippen LogP contribution >= 0.6 is 0 Å². The molecule has 0 atom stereocenters. The molecule has 0 spiro atoms. The number of hydrogen-bond donors (Lipinski definition) is 1. The van der Waals surface area contributed by atoms with E-state index in [1.807, 2.05) is 24.3 Å². The van der Waals surface area contributed by atoms with Crippen LogP contribution in [0, 0.1) is 0 Å². The number of hydrogen-bond acceptors (Lipinski definition) is 7. The van der Waals surface area contributed by atoms with E-state index in [1.54, 1.807) is 29.8 Å². The molecule has 0 saturated heterocycles. The predicted octanol–water partition coefficient (Wildman–Crippen LogP) is 1.49. The van der Waals surface area contributed by atoms with Crippen molar-refractivity contribution in [2.75, 3.05) is 6.61 Å². The van der Waals surface area contributed by atoms with Crippen LogP contribution in [-0.2, 0) is 16.1 Å². The third-order valence-electron chi connectivity index (χ3n) is 4.14. The van der Waals surface area contributed by atoms with Gasteiger partial charge in [0.1, 0.15) is 11.4 Å². The molecule has 140 valence electrons. The van der Waals surface area contributed by atoms with Crippen LogP contribution in [0.1, 0.15) is 24.0 Å². The molecule has 2 N–H and O–H groups in total. The normalized spacial score (nSPS) is 11.8. The van der Waals surface area contributed by atoms with E-state index in [2.05, 4.69) is 31.5 Å². The Morgan fingerprint density at radius 1 is 1.21 bits per heavy atom. The van der Waals surface area contributed by atoms with E-state index < -0.39 is 5.91 Å². The Kier molecular flexibility index (Phi) is 4.63. The van der Waals surface area contributed by atoms with Crippen LogP contribution in [0.15, 0.2) is 53.8 Å². The highest BCUT2D eigenvalue weighted by Crippen LogP contribution is 2.16. The van der Waals surface area contributed by atoms with Gasteiger partial charge in [-0.1, -0.05) is 17.3 Å². The molecule has 28 heavy (non-hydrogen) atoms. The number of nitrogens with two attached hydrogens (primary N) is 1. The van der Waals surface area contributed by atoms with Gasteiger partial charge in [-0.25, -0.2) is 0 Å². The van der Waals surface area contributed by atoms with E-state index in [0.717, 1.165) is 16.5 Å². The number of rotatable bonds is 6. The second-order valence-electron chi connectivity index (χ2n) is 6.23. The summed E-state index contributed by atoms with van der Waals surface area (Å²) in [5.41, 5.74) is 8.79. The maximum atomic E-state index is 10.7. The summed E-state index contributed by atoms with van der Waals surface area (Å²) >= 11 is 0. The van der Waals surface area contributed by atoms with Crippen molar-refractivity contribution in [1.29, 1.82) is 0 Å². The summed E-state index contributed by atoms with van der Waals surface area (Å²) in [5, 5.41) is 17.9. The fraction of sp³-hybridized carbons (Fsp3) is 0.158. The summed E-state index contributed by atoms with van der Waals surface area (Å²) in [6.45, 7) is 1.45. The Hall–Kier alpha value is -3.88. The summed E-state index contributed by atoms with van der Waals surface area (Å²) in [4.78, 5) is 20.0. The summed E-state index contributed by atoms with van der Waals surface area (Å²) in [5.74, 6) is 0.109. The molecule has 0 aliphatic heterocycles. The van der Waals surface area contributed by atoms with Gasteiger partial charge in [-0.2, -0.15) is 9.61 Å². The number of amides is 1. The minimum Gasteiger partial charge on any atom is -0.385 e. The lowest BCUT2D eigenvalue weighted by atomic mass is 10.1. The fourth-order valence-electron chi connectivity index (χ4n) is 2.79. The van der Waals surface area contributed by atoms with Crippen LogP contribution in [0.5, 0.6) is 0 Å². The summed E-state index contributed by atoms with van der Waals surface area (Å²) in [7, 11) is 0. The Labute approximate surface area is 159 Å². The third-order valence-corrected chi connectivity index (χ3v) is 4.14. The zero-order valence-electron chi connectivity index (χ0n) is 15.1. The van der Waals surface area contributed by atoms with E-state index in [0.29, 0.717) is 29.3 Å². The van der Waals surface area contributed by atoms with Gasteiger partial charge in [0.15, 0.2) is 18.1 Å². The van der Waals surface area contributed by atoms with Gasteiger partial charge in [0.2, 0.25) is 0 Å². The molecule has 0 aliphatic rings. The number of primary amides is 1. The molecule has 4 aromatic rings. The van der Waals surface area contributed by atoms with Crippen molar-refractivity contribution in [3.63, 3.8) is 0 Å². The Balaban J connectivity index is 1.62. The van der Waals surface area contributed by atoms with Crippen molar-refractivity contribution < 1.29 is 9.63 Å². The van der Waals surface area contributed by atoms with E-state index in [9.17, 15) is 4.79 Å². The first-order valence-corrected chi connectivity index (χ1v) is 8.60. The lowest BCUT2D eigenvalue weighted by Crippen LogP contribution is -2.17. The van der Waals surface area contributed by atoms with Gasteiger partial charge in [-0.05, 0) is 42.8 Å². The van der Waals surface area contributed by atoms with E-state index in [1.165, 1.54) is 0 Å². The van der Waals surface area contributed by atoms with Crippen molar-refractivity contribution in [3.05, 3.63) is 65.7 Å². The minimum absolute atomic E-state index is 0.283. The highest BCUT2D eigenvalue weighted by atomic mass is 16.6. The van der Waals surface area contributed by atoms with Crippen LogP contribution in [0.2, 0.25) is 0 Å². The maximum Gasteiger partial charge on any atom is 0.258 e. The van der Waals surface area contributed by atoms with Crippen LogP contribution in [-0.4, -0.2) is 43.0 Å². The van der Waals surface area contributed by atoms with Gasteiger partial charge < -0.3 is 10.6 Å². The topological polar surface area (TPSA) is 121 Å². The van der Waals surface area contributed by atoms with Crippen LogP contribution in [0.4, 0.5) is 0 Å². The molecule has 0 radical (unpaired) electrons. The van der Waals surface area contributed by atoms with E-state index in [4.69, 9.17) is 10.6 Å². The molecule has 4 rings (SSSR count). The fourth-order valence-corrected chi connectivity index (χ4v) is 2.79. The quantitative estimate of drug-likeness (QED) is 0.403. The predicted molar refractivity (Wildman–Crippen MR) is 103 cm³/mol. The molecule has 0 aliphatic carbocycles. The summed E-state index contributed by atoms with van der Waals surface area (Å²) in [6, 6.07) is 13.6. The van der Waals surface area contributed by atoms with Crippen LogP contribution in [0.25, 0.3) is 16.6 Å². The highest BCUT2D eigenvalue weighted by molar-refractivity contribution is 5.96. The van der Waals surface area contributed by atoms with Gasteiger partial charge in [-0.3, -0.25) is 9.78 Å². The van der Waals surface area contributed by atoms with Crippen molar-refractivity contribution >= 4 is 28.2 Å². The second-order valence-corrected chi connectivity index (χ2v) is 6.23. The zero-order chi connectivity index (χ0) is 19.5. The van der Waals surface area contributed by atoms with Gasteiger partial charge >= 0.3 is 0 Å². The van der Waals surface area contributed by atoms with Crippen LogP contribution < -0.4 is 5.73 Å². The monoisotopic (exact) mass is 375 g/mol. The van der Waals surface area contributed by atoms with Gasteiger partial charge in [0.05, 0.1) is 5.52 Å². The number of aromatic nitrogens is 5. The first kappa shape index (κ1) is 17.5. The first-order valence-electron chi connectivity index (χ1n) is 8.60. The first-order chi connectivity index (χ1) is 13.6. The molecule has 0 saturated carbocycles. The number of carbonyl (C=O) groups is 1. The largest absolute Gasteiger partial charge is 0.385 e. The molecule has 0 fully saturated rings. The average Bonchev–Trinajstić information content (AvgIpc) is 3.09. The molecule has 0 bridgehead atoms. The van der Waals surface area contributed by atoms with E-state index >= 15 is 0 Å². The van der Waals surface area contributed by atoms with Crippen LogP contribution in [0.3, 0.4) is 0 Å². The zero-order valence-corrected chi connectivity index (χ0v) is 15.1. The minimum atomic E-state index is -0.591. The van der Waals surface area contributed by atoms with Crippen molar-refractivity contribution in [2.45, 2.75) is 13.3 Å². The summed E-state index contributed by atoms with van der Waals surface area (Å²) in [6.07, 6.45) is 2.34. The smallest absolute Gasteiger partial charge is 0.258 e. The van der Waals surface area contributed by atoms with E-state index in [-0.39, 0.29) is 6.61 Å². The molecule has 3 heterocycles. The number of carbonyl (C=O) groups excluding carboxylic acids is 1. The van der Waals surface area contributed by atoms with Gasteiger partial charge in [0, 0.05) is 18.0 Å². The lowest BCUT2D eigenvalue weighted by Gasteiger charge is -2.04. The number of oxime groups is 1. The highest BCUT2D eigenvalue weighted by Gasteiger charge is 2.11. The molecule has 9 nitrogen and oxygen atoms in total. The molecule has 9 heteroatoms. The Morgan fingerprint density at radius 3 is 2.96 bits per heavy atom. The Morgan fingerprint density at radius 2 is 2.11 bits per heavy atom. The number of fused-ring (bicyclic) bond motifs is 2. The number of nitrogens with zero attached hydrogens (tertiary/aromatic N) is 6. The van der Waals surface area contributed by atoms with Crippen molar-refractivity contribution in [1.82, 2.24) is 24.8 Å². The maximum absolute atomic E-state index is 10.7. The molecule has 0 unspecified atom stereocenters. The molecule has 3 aromatic heterocycles. The van der Waals surface area contributed by atoms with Crippen molar-refractivity contribution in [3.8, 4) is 0 Å². The molecule has 1 amide bonds. The molecular weight excluding hydrogens is 358 g/mol. The lowest BCUT2D eigenvalue weighted by molar-refractivity contribution is -0.122. The van der Waals surface area contributed by atoms with Crippen molar-refractivity contribution in [2.24, 2.45) is 10.9 Å². The Bertz CT molecular complexity index is 1200. The number of benzene rings is 1. The molecule has 1 aromatic carbocycles.